The Kier molecular flexibility index (Phi) is 2.69. The smallest absolute Gasteiger partial charge is 0.0930 e. The van der Waals surface area contributed by atoms with Crippen molar-refractivity contribution in [3.05, 3.63) is 47.3 Å². The van der Waals surface area contributed by atoms with Crippen LogP contribution in [-0.4, -0.2) is 9.61 Å². The van der Waals surface area contributed by atoms with Gasteiger partial charge in [-0.25, -0.2) is 4.52 Å². The van der Waals surface area contributed by atoms with Crippen LogP contribution in [0.15, 0.2) is 30.5 Å². The first-order valence-electron chi connectivity index (χ1n) is 7.18. The molecule has 1 aliphatic rings. The minimum atomic E-state index is 0.0896. The zero-order valence-corrected chi connectivity index (χ0v) is 12.9. The monoisotopic (exact) mass is 266 g/mol. The highest BCUT2D eigenvalue weighted by molar-refractivity contribution is 5.78. The fourth-order valence-corrected chi connectivity index (χ4v) is 2.49. The Labute approximate surface area is 120 Å². The van der Waals surface area contributed by atoms with E-state index in [1.54, 1.807) is 0 Å². The maximum Gasteiger partial charge on any atom is 0.0930 e. The SMILES string of the molecule is CC1(C)C=Cc2nn3ccc(C(C)(C)C)cc3c2C=C1. The van der Waals surface area contributed by atoms with E-state index in [2.05, 4.69) is 82.4 Å². The Morgan fingerprint density at radius 3 is 2.50 bits per heavy atom. The second kappa shape index (κ2) is 4.08. The van der Waals surface area contributed by atoms with Gasteiger partial charge in [-0.3, -0.25) is 0 Å². The summed E-state index contributed by atoms with van der Waals surface area (Å²) in [5.41, 5.74) is 5.05. The number of nitrogens with zero attached hydrogens (tertiary/aromatic N) is 2. The quantitative estimate of drug-likeness (QED) is 0.675. The van der Waals surface area contributed by atoms with Crippen molar-refractivity contribution in [2.24, 2.45) is 5.41 Å². The number of allylic oxidation sites excluding steroid dienone is 2. The summed E-state index contributed by atoms with van der Waals surface area (Å²) < 4.78 is 1.98. The van der Waals surface area contributed by atoms with Gasteiger partial charge in [0.1, 0.15) is 0 Å². The molecule has 0 amide bonds. The van der Waals surface area contributed by atoms with E-state index in [-0.39, 0.29) is 10.8 Å². The summed E-state index contributed by atoms with van der Waals surface area (Å²) in [6.07, 6.45) is 10.9. The molecule has 104 valence electrons. The van der Waals surface area contributed by atoms with Crippen LogP contribution >= 0.6 is 0 Å². The second-order valence-corrected chi connectivity index (χ2v) is 7.28. The molecule has 0 atom stereocenters. The third-order valence-electron chi connectivity index (χ3n) is 3.92. The lowest BCUT2D eigenvalue weighted by Crippen LogP contribution is -2.11. The Hall–Kier alpha value is -1.83. The first-order valence-corrected chi connectivity index (χ1v) is 7.18. The highest BCUT2D eigenvalue weighted by Gasteiger charge is 2.19. The van der Waals surface area contributed by atoms with Gasteiger partial charge in [0, 0.05) is 17.2 Å². The molecule has 0 unspecified atom stereocenters. The summed E-state index contributed by atoms with van der Waals surface area (Å²) in [5.74, 6) is 0. The van der Waals surface area contributed by atoms with Crippen molar-refractivity contribution in [1.29, 1.82) is 0 Å². The van der Waals surface area contributed by atoms with Gasteiger partial charge in [-0.2, -0.15) is 5.10 Å². The molecular formula is C18H22N2. The van der Waals surface area contributed by atoms with E-state index in [9.17, 15) is 0 Å². The lowest BCUT2D eigenvalue weighted by molar-refractivity contribution is 0.589. The van der Waals surface area contributed by atoms with Crippen molar-refractivity contribution in [2.45, 2.75) is 40.0 Å². The summed E-state index contributed by atoms with van der Waals surface area (Å²) in [6.45, 7) is 11.1. The van der Waals surface area contributed by atoms with E-state index < -0.39 is 0 Å². The van der Waals surface area contributed by atoms with Gasteiger partial charge in [0.05, 0.1) is 11.2 Å². The molecule has 0 saturated heterocycles. The fraction of sp³-hybridized carbons (Fsp3) is 0.389. The molecule has 2 nitrogen and oxygen atoms in total. The Morgan fingerprint density at radius 1 is 1.10 bits per heavy atom. The minimum Gasteiger partial charge on any atom is -0.240 e. The molecule has 0 spiro atoms. The van der Waals surface area contributed by atoms with Crippen LogP contribution < -0.4 is 0 Å². The van der Waals surface area contributed by atoms with Crippen LogP contribution in [0.25, 0.3) is 17.7 Å². The molecule has 0 aliphatic heterocycles. The number of fused-ring (bicyclic) bond motifs is 3. The molecular weight excluding hydrogens is 244 g/mol. The predicted octanol–water partition coefficient (Wildman–Crippen LogP) is 4.70. The molecule has 20 heavy (non-hydrogen) atoms. The van der Waals surface area contributed by atoms with E-state index in [1.165, 1.54) is 16.6 Å². The summed E-state index contributed by atoms with van der Waals surface area (Å²) >= 11 is 0. The largest absolute Gasteiger partial charge is 0.240 e. The molecule has 0 radical (unpaired) electrons. The predicted molar refractivity (Wildman–Crippen MR) is 85.7 cm³/mol. The van der Waals surface area contributed by atoms with Crippen LogP contribution in [0.2, 0.25) is 0 Å². The number of rotatable bonds is 0. The van der Waals surface area contributed by atoms with Crippen molar-refractivity contribution in [3.63, 3.8) is 0 Å². The van der Waals surface area contributed by atoms with Crippen molar-refractivity contribution in [3.8, 4) is 0 Å². The molecule has 2 heterocycles. The van der Waals surface area contributed by atoms with Crippen LogP contribution in [0.3, 0.4) is 0 Å². The Bertz CT molecular complexity index is 722. The average molecular weight is 266 g/mol. The Morgan fingerprint density at radius 2 is 1.80 bits per heavy atom. The second-order valence-electron chi connectivity index (χ2n) is 7.28. The lowest BCUT2D eigenvalue weighted by atomic mass is 9.87. The first kappa shape index (κ1) is 13.2. The van der Waals surface area contributed by atoms with Crippen LogP contribution in [-0.2, 0) is 5.41 Å². The molecule has 2 aromatic heterocycles. The van der Waals surface area contributed by atoms with Crippen LogP contribution in [0.5, 0.6) is 0 Å². The number of hydrogen-bond donors (Lipinski definition) is 0. The molecule has 0 saturated carbocycles. The van der Waals surface area contributed by atoms with Crippen molar-refractivity contribution in [1.82, 2.24) is 9.61 Å². The van der Waals surface area contributed by atoms with E-state index in [0.29, 0.717) is 0 Å². The van der Waals surface area contributed by atoms with E-state index in [4.69, 9.17) is 0 Å². The third kappa shape index (κ3) is 2.20. The standard InChI is InChI=1S/C18H22N2/c1-17(2,3)13-8-11-20-16(12-13)14-6-9-18(4,5)10-7-15(14)19-20/h6-12H,1-5H3. The van der Waals surface area contributed by atoms with Gasteiger partial charge in [0.25, 0.3) is 0 Å². The maximum absolute atomic E-state index is 4.68. The van der Waals surface area contributed by atoms with E-state index >= 15 is 0 Å². The van der Waals surface area contributed by atoms with Gasteiger partial charge < -0.3 is 0 Å². The number of hydrogen-bond acceptors (Lipinski definition) is 1. The van der Waals surface area contributed by atoms with Gasteiger partial charge in [0.2, 0.25) is 0 Å². The normalized spacial score (nSPS) is 17.2. The molecule has 0 fully saturated rings. The van der Waals surface area contributed by atoms with Gasteiger partial charge in [-0.15, -0.1) is 0 Å². The highest BCUT2D eigenvalue weighted by atomic mass is 15.2. The lowest BCUT2D eigenvalue weighted by Gasteiger charge is -2.19. The zero-order chi connectivity index (χ0) is 14.5. The molecule has 0 bridgehead atoms. The van der Waals surface area contributed by atoms with Crippen LogP contribution in [0.4, 0.5) is 0 Å². The van der Waals surface area contributed by atoms with Gasteiger partial charge in [-0.1, -0.05) is 52.8 Å². The number of aromatic nitrogens is 2. The zero-order valence-electron chi connectivity index (χ0n) is 12.9. The maximum atomic E-state index is 4.68. The average Bonchev–Trinajstić information content (AvgIpc) is 2.62. The molecule has 0 aromatic carbocycles. The van der Waals surface area contributed by atoms with Crippen LogP contribution in [0.1, 0.15) is 51.4 Å². The fourth-order valence-electron chi connectivity index (χ4n) is 2.49. The highest BCUT2D eigenvalue weighted by Crippen LogP contribution is 2.31. The summed E-state index contributed by atoms with van der Waals surface area (Å²) in [6, 6.07) is 4.43. The summed E-state index contributed by atoms with van der Waals surface area (Å²) in [5, 5.41) is 4.68. The van der Waals surface area contributed by atoms with E-state index in [1.807, 2.05) is 4.52 Å². The van der Waals surface area contributed by atoms with Gasteiger partial charge in [0.15, 0.2) is 0 Å². The first-order chi connectivity index (χ1) is 9.26. The van der Waals surface area contributed by atoms with Crippen molar-refractivity contribution in [2.75, 3.05) is 0 Å². The molecule has 1 aliphatic carbocycles. The van der Waals surface area contributed by atoms with Crippen molar-refractivity contribution >= 4 is 17.7 Å². The summed E-state index contributed by atoms with van der Waals surface area (Å²) in [4.78, 5) is 0. The van der Waals surface area contributed by atoms with Crippen molar-refractivity contribution < 1.29 is 0 Å². The summed E-state index contributed by atoms with van der Waals surface area (Å²) in [7, 11) is 0. The Balaban J connectivity index is 2.23. The molecule has 3 rings (SSSR count). The topological polar surface area (TPSA) is 17.3 Å². The van der Waals surface area contributed by atoms with Gasteiger partial charge in [-0.05, 0) is 29.2 Å². The minimum absolute atomic E-state index is 0.0896. The van der Waals surface area contributed by atoms with Gasteiger partial charge >= 0.3 is 0 Å². The molecule has 2 heteroatoms. The number of pyridine rings is 1. The van der Waals surface area contributed by atoms with Crippen LogP contribution in [0, 0.1) is 5.41 Å². The third-order valence-corrected chi connectivity index (χ3v) is 3.92. The molecule has 2 aromatic rings. The molecule has 0 N–H and O–H groups in total. The van der Waals surface area contributed by atoms with E-state index in [0.717, 1.165) is 5.69 Å².